The molecule has 2 heteroatoms. The molecule has 0 fully saturated rings. The number of rotatable bonds is 1. The van der Waals surface area contributed by atoms with Crippen molar-refractivity contribution >= 4 is 23.2 Å². The van der Waals surface area contributed by atoms with E-state index in [2.05, 4.69) is 6.07 Å². The summed E-state index contributed by atoms with van der Waals surface area (Å²) < 4.78 is 0. The quantitative estimate of drug-likeness (QED) is 0.668. The number of benzene rings is 2. The Morgan fingerprint density at radius 1 is 0.929 bits per heavy atom. The van der Waals surface area contributed by atoms with Gasteiger partial charge in [-0.25, -0.2) is 0 Å². The summed E-state index contributed by atoms with van der Waals surface area (Å²) >= 11 is 11.8. The van der Waals surface area contributed by atoms with Crippen LogP contribution < -0.4 is 0 Å². The SMILES string of the molecule is Clc1cc(Cl)cc(-c2[c]cccc2)c1. The monoisotopic (exact) mass is 221 g/mol. The first-order chi connectivity index (χ1) is 6.75. The summed E-state index contributed by atoms with van der Waals surface area (Å²) in [5, 5.41) is 1.29. The molecule has 0 bridgehead atoms. The van der Waals surface area contributed by atoms with E-state index in [1.807, 2.05) is 36.4 Å². The van der Waals surface area contributed by atoms with Gasteiger partial charge in [-0.05, 0) is 35.4 Å². The van der Waals surface area contributed by atoms with Gasteiger partial charge in [-0.2, -0.15) is 0 Å². The van der Waals surface area contributed by atoms with E-state index in [-0.39, 0.29) is 0 Å². The fourth-order valence-electron chi connectivity index (χ4n) is 1.28. The average molecular weight is 222 g/mol. The van der Waals surface area contributed by atoms with Crippen molar-refractivity contribution in [2.24, 2.45) is 0 Å². The van der Waals surface area contributed by atoms with E-state index in [4.69, 9.17) is 23.2 Å². The van der Waals surface area contributed by atoms with Gasteiger partial charge in [-0.3, -0.25) is 0 Å². The molecule has 2 aromatic carbocycles. The minimum absolute atomic E-state index is 0.643. The molecule has 0 aliphatic heterocycles. The van der Waals surface area contributed by atoms with E-state index < -0.39 is 0 Å². The third-order valence-electron chi connectivity index (χ3n) is 1.88. The highest BCUT2D eigenvalue weighted by atomic mass is 35.5. The van der Waals surface area contributed by atoms with Crippen LogP contribution in [0.4, 0.5) is 0 Å². The third kappa shape index (κ3) is 2.09. The Kier molecular flexibility index (Phi) is 2.76. The Bertz CT molecular complexity index is 415. The van der Waals surface area contributed by atoms with Crippen LogP contribution in [0.3, 0.4) is 0 Å². The first-order valence-electron chi connectivity index (χ1n) is 4.19. The predicted octanol–water partition coefficient (Wildman–Crippen LogP) is 4.46. The van der Waals surface area contributed by atoms with Crippen LogP contribution in [0, 0.1) is 6.07 Å². The van der Waals surface area contributed by atoms with Crippen LogP contribution in [-0.2, 0) is 0 Å². The summed E-state index contributed by atoms with van der Waals surface area (Å²) in [6, 6.07) is 16.3. The van der Waals surface area contributed by atoms with Crippen LogP contribution in [0.5, 0.6) is 0 Å². The maximum atomic E-state index is 5.90. The molecule has 0 atom stereocenters. The summed E-state index contributed by atoms with van der Waals surface area (Å²) in [7, 11) is 0. The molecule has 0 aliphatic rings. The molecule has 0 saturated carbocycles. The molecule has 0 aromatic heterocycles. The van der Waals surface area contributed by atoms with E-state index in [1.165, 1.54) is 0 Å². The first kappa shape index (κ1) is 9.57. The van der Waals surface area contributed by atoms with Gasteiger partial charge in [-0.1, -0.05) is 47.5 Å². The Morgan fingerprint density at radius 2 is 1.64 bits per heavy atom. The predicted molar refractivity (Wildman–Crippen MR) is 60.7 cm³/mol. The Labute approximate surface area is 93.1 Å². The van der Waals surface area contributed by atoms with Crippen molar-refractivity contribution in [3.63, 3.8) is 0 Å². The summed E-state index contributed by atoms with van der Waals surface area (Å²) in [5.74, 6) is 0. The molecule has 0 saturated heterocycles. The fraction of sp³-hybridized carbons (Fsp3) is 0. The molecule has 1 radical (unpaired) electrons. The fourth-order valence-corrected chi connectivity index (χ4v) is 1.81. The van der Waals surface area contributed by atoms with Crippen molar-refractivity contribution in [1.29, 1.82) is 0 Å². The maximum absolute atomic E-state index is 5.90. The summed E-state index contributed by atoms with van der Waals surface area (Å²) in [6.07, 6.45) is 0. The molecule has 14 heavy (non-hydrogen) atoms. The Hall–Kier alpha value is -0.980. The first-order valence-corrected chi connectivity index (χ1v) is 4.94. The van der Waals surface area contributed by atoms with Crippen molar-refractivity contribution < 1.29 is 0 Å². The van der Waals surface area contributed by atoms with Gasteiger partial charge in [0.05, 0.1) is 0 Å². The lowest BCUT2D eigenvalue weighted by Gasteiger charge is -2.02. The van der Waals surface area contributed by atoms with Crippen molar-refractivity contribution in [2.75, 3.05) is 0 Å². The van der Waals surface area contributed by atoms with Crippen LogP contribution >= 0.6 is 23.2 Å². The molecular weight excluding hydrogens is 215 g/mol. The maximum Gasteiger partial charge on any atom is 0.0426 e. The van der Waals surface area contributed by atoms with Crippen molar-refractivity contribution in [2.45, 2.75) is 0 Å². The van der Waals surface area contributed by atoms with Gasteiger partial charge in [0.1, 0.15) is 0 Å². The van der Waals surface area contributed by atoms with Crippen molar-refractivity contribution in [3.05, 3.63) is 58.6 Å². The number of halogens is 2. The summed E-state index contributed by atoms with van der Waals surface area (Å²) in [4.78, 5) is 0. The van der Waals surface area contributed by atoms with Gasteiger partial charge in [0.25, 0.3) is 0 Å². The molecule has 0 spiro atoms. The van der Waals surface area contributed by atoms with Gasteiger partial charge < -0.3 is 0 Å². The second-order valence-corrected chi connectivity index (χ2v) is 3.81. The van der Waals surface area contributed by atoms with E-state index in [9.17, 15) is 0 Å². The number of hydrogen-bond donors (Lipinski definition) is 0. The Morgan fingerprint density at radius 3 is 2.21 bits per heavy atom. The van der Waals surface area contributed by atoms with Crippen LogP contribution in [0.1, 0.15) is 0 Å². The van der Waals surface area contributed by atoms with Gasteiger partial charge in [-0.15, -0.1) is 0 Å². The largest absolute Gasteiger partial charge is 0.0843 e. The molecular formula is C12H7Cl2. The summed E-state index contributed by atoms with van der Waals surface area (Å²) in [6.45, 7) is 0. The Balaban J connectivity index is 2.52. The topological polar surface area (TPSA) is 0 Å². The zero-order valence-electron chi connectivity index (χ0n) is 7.30. The standard InChI is InChI=1S/C12H7Cl2/c13-11-6-10(7-12(14)8-11)9-4-2-1-3-5-9/h1-4,6-8H. The zero-order valence-corrected chi connectivity index (χ0v) is 8.81. The molecule has 0 amide bonds. The van der Waals surface area contributed by atoms with Crippen LogP contribution in [0.25, 0.3) is 11.1 Å². The second-order valence-electron chi connectivity index (χ2n) is 2.93. The highest BCUT2D eigenvalue weighted by Gasteiger charge is 2.00. The van der Waals surface area contributed by atoms with Crippen LogP contribution in [-0.4, -0.2) is 0 Å². The molecule has 2 rings (SSSR count). The lowest BCUT2D eigenvalue weighted by Crippen LogP contribution is -1.77. The molecule has 0 N–H and O–H groups in total. The molecule has 2 aromatic rings. The van der Waals surface area contributed by atoms with Crippen molar-refractivity contribution in [1.82, 2.24) is 0 Å². The summed E-state index contributed by atoms with van der Waals surface area (Å²) in [5.41, 5.74) is 1.99. The third-order valence-corrected chi connectivity index (χ3v) is 2.32. The highest BCUT2D eigenvalue weighted by Crippen LogP contribution is 2.26. The molecule has 0 unspecified atom stereocenters. The van der Waals surface area contributed by atoms with Gasteiger partial charge in [0.15, 0.2) is 0 Å². The van der Waals surface area contributed by atoms with Crippen LogP contribution in [0.15, 0.2) is 42.5 Å². The van der Waals surface area contributed by atoms with E-state index in [1.54, 1.807) is 6.07 Å². The average Bonchev–Trinajstić information content (AvgIpc) is 2.18. The minimum atomic E-state index is 0.643. The molecule has 0 aliphatic carbocycles. The molecule has 0 nitrogen and oxygen atoms in total. The molecule has 0 heterocycles. The van der Waals surface area contributed by atoms with Gasteiger partial charge in [0.2, 0.25) is 0 Å². The van der Waals surface area contributed by atoms with E-state index >= 15 is 0 Å². The normalized spacial score (nSPS) is 10.1. The zero-order chi connectivity index (χ0) is 9.97. The van der Waals surface area contributed by atoms with E-state index in [0.717, 1.165) is 11.1 Å². The van der Waals surface area contributed by atoms with Crippen molar-refractivity contribution in [3.8, 4) is 11.1 Å². The molecule has 69 valence electrons. The minimum Gasteiger partial charge on any atom is -0.0843 e. The smallest absolute Gasteiger partial charge is 0.0426 e. The highest BCUT2D eigenvalue weighted by molar-refractivity contribution is 6.35. The lowest BCUT2D eigenvalue weighted by molar-refractivity contribution is 1.61. The van der Waals surface area contributed by atoms with Crippen LogP contribution in [0.2, 0.25) is 10.0 Å². The van der Waals surface area contributed by atoms with Gasteiger partial charge >= 0.3 is 0 Å². The van der Waals surface area contributed by atoms with E-state index in [0.29, 0.717) is 10.0 Å². The number of hydrogen-bond acceptors (Lipinski definition) is 0. The van der Waals surface area contributed by atoms with Gasteiger partial charge in [0, 0.05) is 10.0 Å². The second kappa shape index (κ2) is 4.04. The lowest BCUT2D eigenvalue weighted by atomic mass is 10.1.